The van der Waals surface area contributed by atoms with E-state index in [1.807, 2.05) is 0 Å². The van der Waals surface area contributed by atoms with E-state index in [0.717, 1.165) is 25.9 Å². The number of hydrogen-bond acceptors (Lipinski definition) is 3. The molecule has 18 heavy (non-hydrogen) atoms. The summed E-state index contributed by atoms with van der Waals surface area (Å²) in [5, 5.41) is 2.75. The number of likely N-dealkylation sites (tertiary alicyclic amines) is 1. The number of hydrogen-bond donors (Lipinski definition) is 1. The molecule has 0 saturated carbocycles. The SMILES string of the molecule is CN1CCC(CNc2nc(F)c(F)cc2F)CC1. The first-order chi connectivity index (χ1) is 8.56. The summed E-state index contributed by atoms with van der Waals surface area (Å²) < 4.78 is 38.9. The van der Waals surface area contributed by atoms with Crippen molar-refractivity contribution in [2.24, 2.45) is 5.92 Å². The molecule has 0 aromatic carbocycles. The molecule has 2 rings (SSSR count). The van der Waals surface area contributed by atoms with Crippen molar-refractivity contribution in [2.45, 2.75) is 12.8 Å². The minimum Gasteiger partial charge on any atom is -0.367 e. The Hall–Kier alpha value is -1.30. The van der Waals surface area contributed by atoms with Crippen LogP contribution in [0.25, 0.3) is 0 Å². The van der Waals surface area contributed by atoms with Gasteiger partial charge in [0.25, 0.3) is 5.95 Å². The first kappa shape index (κ1) is 13.1. The first-order valence-corrected chi connectivity index (χ1v) is 6.00. The van der Waals surface area contributed by atoms with E-state index in [1.165, 1.54) is 0 Å². The lowest BCUT2D eigenvalue weighted by atomic mass is 9.97. The molecule has 3 nitrogen and oxygen atoms in total. The van der Waals surface area contributed by atoms with Gasteiger partial charge in [0.05, 0.1) is 0 Å². The Morgan fingerprint density at radius 2 is 1.94 bits per heavy atom. The van der Waals surface area contributed by atoms with Crippen molar-refractivity contribution < 1.29 is 13.2 Å². The van der Waals surface area contributed by atoms with Crippen molar-refractivity contribution in [3.8, 4) is 0 Å². The van der Waals surface area contributed by atoms with E-state index >= 15 is 0 Å². The summed E-state index contributed by atoms with van der Waals surface area (Å²) in [4.78, 5) is 5.46. The molecule has 6 heteroatoms. The summed E-state index contributed by atoms with van der Waals surface area (Å²) >= 11 is 0. The summed E-state index contributed by atoms with van der Waals surface area (Å²) in [6, 6.07) is 0.513. The van der Waals surface area contributed by atoms with Crippen LogP contribution in [0, 0.1) is 23.5 Å². The second kappa shape index (κ2) is 5.56. The van der Waals surface area contributed by atoms with Crippen LogP contribution in [0.5, 0.6) is 0 Å². The second-order valence-electron chi connectivity index (χ2n) is 4.72. The summed E-state index contributed by atoms with van der Waals surface area (Å²) in [6.45, 7) is 2.53. The van der Waals surface area contributed by atoms with Crippen LogP contribution in [0.3, 0.4) is 0 Å². The van der Waals surface area contributed by atoms with Crippen LogP contribution in [0.4, 0.5) is 19.0 Å². The van der Waals surface area contributed by atoms with E-state index in [1.54, 1.807) is 0 Å². The molecule has 1 aliphatic rings. The van der Waals surface area contributed by atoms with E-state index in [4.69, 9.17) is 0 Å². The van der Waals surface area contributed by atoms with Crippen molar-refractivity contribution in [1.29, 1.82) is 0 Å². The number of piperidine rings is 1. The third-order valence-corrected chi connectivity index (χ3v) is 3.28. The molecule has 0 bridgehead atoms. The second-order valence-corrected chi connectivity index (χ2v) is 4.72. The molecule has 1 aliphatic heterocycles. The Balaban J connectivity index is 1.92. The molecule has 2 heterocycles. The van der Waals surface area contributed by atoms with Crippen LogP contribution in [0.1, 0.15) is 12.8 Å². The molecule has 0 aliphatic carbocycles. The van der Waals surface area contributed by atoms with Gasteiger partial charge in [-0.25, -0.2) is 8.78 Å². The highest BCUT2D eigenvalue weighted by atomic mass is 19.2. The Morgan fingerprint density at radius 1 is 1.28 bits per heavy atom. The molecular weight excluding hydrogens is 243 g/mol. The van der Waals surface area contributed by atoms with Crippen molar-refractivity contribution in [2.75, 3.05) is 32.0 Å². The highest BCUT2D eigenvalue weighted by Crippen LogP contribution is 2.19. The first-order valence-electron chi connectivity index (χ1n) is 6.00. The lowest BCUT2D eigenvalue weighted by molar-refractivity contribution is 0.226. The van der Waals surface area contributed by atoms with Crippen LogP contribution >= 0.6 is 0 Å². The Morgan fingerprint density at radius 3 is 2.61 bits per heavy atom. The molecule has 1 aromatic rings. The maximum absolute atomic E-state index is 13.3. The van der Waals surface area contributed by atoms with Crippen LogP contribution in [-0.2, 0) is 0 Å². The van der Waals surface area contributed by atoms with E-state index in [-0.39, 0.29) is 5.82 Å². The number of anilines is 1. The molecule has 1 saturated heterocycles. The fourth-order valence-electron chi connectivity index (χ4n) is 2.08. The number of nitrogens with one attached hydrogen (secondary N) is 1. The molecule has 100 valence electrons. The highest BCUT2D eigenvalue weighted by Gasteiger charge is 2.18. The van der Waals surface area contributed by atoms with Crippen LogP contribution in [0.15, 0.2) is 6.07 Å². The zero-order chi connectivity index (χ0) is 13.1. The largest absolute Gasteiger partial charge is 0.367 e. The van der Waals surface area contributed by atoms with Crippen molar-refractivity contribution >= 4 is 5.82 Å². The summed E-state index contributed by atoms with van der Waals surface area (Å²) in [5.74, 6) is -3.20. The van der Waals surface area contributed by atoms with Gasteiger partial charge in [0.15, 0.2) is 17.5 Å². The average Bonchev–Trinajstić information content (AvgIpc) is 2.34. The van der Waals surface area contributed by atoms with Gasteiger partial charge < -0.3 is 10.2 Å². The van der Waals surface area contributed by atoms with Crippen LogP contribution in [-0.4, -0.2) is 36.6 Å². The number of aromatic nitrogens is 1. The summed E-state index contributed by atoms with van der Waals surface area (Å²) in [6.07, 6.45) is 2.02. The third-order valence-electron chi connectivity index (χ3n) is 3.28. The van der Waals surface area contributed by atoms with Gasteiger partial charge in [0.1, 0.15) is 0 Å². The number of nitrogens with zero attached hydrogens (tertiary/aromatic N) is 2. The molecular formula is C12H16F3N3. The molecule has 0 amide bonds. The molecule has 1 N–H and O–H groups in total. The van der Waals surface area contributed by atoms with Crippen molar-refractivity contribution in [3.63, 3.8) is 0 Å². The van der Waals surface area contributed by atoms with Gasteiger partial charge in [0.2, 0.25) is 0 Å². The van der Waals surface area contributed by atoms with Crippen molar-refractivity contribution in [1.82, 2.24) is 9.88 Å². The minimum atomic E-state index is -1.28. The fraction of sp³-hybridized carbons (Fsp3) is 0.583. The highest BCUT2D eigenvalue weighted by molar-refractivity contribution is 5.36. The van der Waals surface area contributed by atoms with E-state index in [0.29, 0.717) is 18.5 Å². The van der Waals surface area contributed by atoms with Gasteiger partial charge in [-0.3, -0.25) is 0 Å². The van der Waals surface area contributed by atoms with Crippen molar-refractivity contribution in [3.05, 3.63) is 23.6 Å². The number of rotatable bonds is 3. The smallest absolute Gasteiger partial charge is 0.251 e. The maximum atomic E-state index is 13.3. The Bertz CT molecular complexity index is 417. The standard InChI is InChI=1S/C12H16F3N3/c1-18-4-2-8(3-5-18)7-16-12-10(14)6-9(13)11(15)17-12/h6,8H,2-5,7H2,1H3,(H,16,17). The predicted molar refractivity (Wildman–Crippen MR) is 62.8 cm³/mol. The Kier molecular flexibility index (Phi) is 4.06. The molecule has 1 fully saturated rings. The van der Waals surface area contributed by atoms with Gasteiger partial charge in [-0.05, 0) is 38.9 Å². The van der Waals surface area contributed by atoms with E-state index in [9.17, 15) is 13.2 Å². The molecule has 1 aromatic heterocycles. The molecule has 0 unspecified atom stereocenters. The fourth-order valence-corrected chi connectivity index (χ4v) is 2.08. The Labute approximate surface area is 104 Å². The van der Waals surface area contributed by atoms with Gasteiger partial charge in [-0.15, -0.1) is 0 Å². The monoisotopic (exact) mass is 259 g/mol. The number of halogens is 3. The maximum Gasteiger partial charge on any atom is 0.251 e. The third kappa shape index (κ3) is 3.13. The van der Waals surface area contributed by atoms with Gasteiger partial charge in [-0.2, -0.15) is 9.37 Å². The predicted octanol–water partition coefficient (Wildman–Crippen LogP) is 2.25. The zero-order valence-electron chi connectivity index (χ0n) is 10.2. The number of pyridine rings is 1. The summed E-state index contributed by atoms with van der Waals surface area (Å²) in [7, 11) is 2.06. The van der Waals surface area contributed by atoms with Gasteiger partial charge in [0, 0.05) is 12.6 Å². The lowest BCUT2D eigenvalue weighted by Gasteiger charge is -2.29. The lowest BCUT2D eigenvalue weighted by Crippen LogP contribution is -2.33. The normalized spacial score (nSPS) is 18.0. The molecule has 0 radical (unpaired) electrons. The minimum absolute atomic E-state index is 0.215. The summed E-state index contributed by atoms with van der Waals surface area (Å²) in [5.41, 5.74) is 0. The average molecular weight is 259 g/mol. The van der Waals surface area contributed by atoms with Crippen LogP contribution in [0.2, 0.25) is 0 Å². The quantitative estimate of drug-likeness (QED) is 0.844. The van der Waals surface area contributed by atoms with Gasteiger partial charge in [-0.1, -0.05) is 0 Å². The molecule has 0 spiro atoms. The molecule has 0 atom stereocenters. The topological polar surface area (TPSA) is 28.2 Å². The van der Waals surface area contributed by atoms with Gasteiger partial charge >= 0.3 is 0 Å². The van der Waals surface area contributed by atoms with Crippen LogP contribution < -0.4 is 5.32 Å². The van der Waals surface area contributed by atoms with E-state index in [2.05, 4.69) is 22.2 Å². The van der Waals surface area contributed by atoms with E-state index < -0.39 is 17.6 Å². The zero-order valence-corrected chi connectivity index (χ0v) is 10.2.